The molecule has 1 aliphatic heterocycles. The Labute approximate surface area is 128 Å². The quantitative estimate of drug-likeness (QED) is 0.724. The monoisotopic (exact) mass is 308 g/mol. The number of nitrogens with zero attached hydrogens (tertiary/aromatic N) is 1. The van der Waals surface area contributed by atoms with Crippen molar-refractivity contribution in [1.29, 1.82) is 0 Å². The summed E-state index contributed by atoms with van der Waals surface area (Å²) in [6.07, 6.45) is -0.0211. The topological polar surface area (TPSA) is 88.1 Å². The number of rotatable bonds is 6. The molecule has 0 spiro atoms. The van der Waals surface area contributed by atoms with Crippen LogP contribution < -0.4 is 19.3 Å². The minimum atomic E-state index is -1.19. The molecule has 1 heterocycles. The molecule has 0 unspecified atom stereocenters. The van der Waals surface area contributed by atoms with E-state index < -0.39 is 11.9 Å². The van der Waals surface area contributed by atoms with Crippen LogP contribution in [0, 0.1) is 5.92 Å². The van der Waals surface area contributed by atoms with Crippen molar-refractivity contribution in [3.8, 4) is 17.2 Å². The molecule has 0 saturated carbocycles. The number of hydrogen-bond acceptors (Lipinski definition) is 6. The first kappa shape index (κ1) is 15.9. The van der Waals surface area contributed by atoms with Gasteiger partial charge in [-0.05, 0) is 17.7 Å². The van der Waals surface area contributed by atoms with E-state index in [4.69, 9.17) is 14.2 Å². The van der Waals surface area contributed by atoms with Crippen LogP contribution in [0.5, 0.6) is 17.2 Å². The van der Waals surface area contributed by atoms with Gasteiger partial charge in [0.25, 0.3) is 0 Å². The second-order valence-electron chi connectivity index (χ2n) is 5.03. The van der Waals surface area contributed by atoms with Crippen LogP contribution in [0.4, 0.5) is 0 Å². The molecular formula is C15H18NO6-. The van der Waals surface area contributed by atoms with E-state index in [1.165, 1.54) is 26.2 Å². The van der Waals surface area contributed by atoms with Crippen LogP contribution >= 0.6 is 0 Å². The van der Waals surface area contributed by atoms with Gasteiger partial charge >= 0.3 is 0 Å². The van der Waals surface area contributed by atoms with Crippen molar-refractivity contribution < 1.29 is 28.9 Å². The van der Waals surface area contributed by atoms with Crippen molar-refractivity contribution in [2.45, 2.75) is 13.0 Å². The molecule has 1 amide bonds. The minimum absolute atomic E-state index is 0.0211. The lowest BCUT2D eigenvalue weighted by Crippen LogP contribution is -2.33. The Morgan fingerprint density at radius 2 is 1.82 bits per heavy atom. The molecule has 1 saturated heterocycles. The Kier molecular flexibility index (Phi) is 4.75. The number of hydrogen-bond donors (Lipinski definition) is 0. The number of carboxylic acid groups (broad SMARTS) is 1. The molecule has 22 heavy (non-hydrogen) atoms. The number of aliphatic carboxylic acids is 1. The van der Waals surface area contributed by atoms with Crippen molar-refractivity contribution in [3.63, 3.8) is 0 Å². The van der Waals surface area contributed by atoms with Gasteiger partial charge in [0, 0.05) is 31.4 Å². The number of benzene rings is 1. The highest BCUT2D eigenvalue weighted by Crippen LogP contribution is 2.38. The van der Waals surface area contributed by atoms with Crippen LogP contribution in [-0.2, 0) is 16.1 Å². The van der Waals surface area contributed by atoms with Gasteiger partial charge in [-0.25, -0.2) is 0 Å². The maximum absolute atomic E-state index is 11.9. The van der Waals surface area contributed by atoms with Crippen LogP contribution in [0.1, 0.15) is 12.0 Å². The molecule has 0 aliphatic carbocycles. The summed E-state index contributed by atoms with van der Waals surface area (Å²) in [6.45, 7) is 0.428. The molecule has 1 aliphatic rings. The normalized spacial score (nSPS) is 17.5. The zero-order chi connectivity index (χ0) is 16.3. The van der Waals surface area contributed by atoms with Crippen molar-refractivity contribution in [2.24, 2.45) is 5.92 Å². The predicted molar refractivity (Wildman–Crippen MR) is 74.6 cm³/mol. The maximum atomic E-state index is 11.9. The van der Waals surface area contributed by atoms with Crippen LogP contribution in [0.2, 0.25) is 0 Å². The third-order valence-electron chi connectivity index (χ3n) is 3.65. The molecule has 1 aromatic rings. The van der Waals surface area contributed by atoms with Crippen molar-refractivity contribution in [2.75, 3.05) is 27.9 Å². The fourth-order valence-corrected chi connectivity index (χ4v) is 2.53. The van der Waals surface area contributed by atoms with E-state index in [1.54, 1.807) is 12.1 Å². The van der Waals surface area contributed by atoms with Crippen LogP contribution in [-0.4, -0.2) is 44.7 Å². The Morgan fingerprint density at radius 3 is 2.23 bits per heavy atom. The molecule has 2 rings (SSSR count). The molecule has 7 heteroatoms. The summed E-state index contributed by atoms with van der Waals surface area (Å²) in [7, 11) is 4.52. The van der Waals surface area contributed by atoms with Gasteiger partial charge in [0.1, 0.15) is 0 Å². The summed E-state index contributed by atoms with van der Waals surface area (Å²) in [5.41, 5.74) is 0.766. The number of methoxy groups -OCH3 is 3. The molecule has 0 radical (unpaired) electrons. The zero-order valence-corrected chi connectivity index (χ0v) is 12.8. The lowest BCUT2D eigenvalue weighted by molar-refractivity contribution is -0.311. The highest BCUT2D eigenvalue weighted by Gasteiger charge is 2.30. The molecule has 1 atom stereocenters. The van der Waals surface area contributed by atoms with Crippen molar-refractivity contribution in [3.05, 3.63) is 17.7 Å². The highest BCUT2D eigenvalue weighted by atomic mass is 16.5. The average molecular weight is 308 g/mol. The lowest BCUT2D eigenvalue weighted by atomic mass is 10.1. The van der Waals surface area contributed by atoms with E-state index in [0.29, 0.717) is 17.2 Å². The van der Waals surface area contributed by atoms with E-state index in [2.05, 4.69) is 0 Å². The number of likely N-dealkylation sites (tertiary alicyclic amines) is 1. The van der Waals surface area contributed by atoms with Crippen LogP contribution in [0.25, 0.3) is 0 Å². The number of carbonyl (C=O) groups excluding carboxylic acids is 2. The van der Waals surface area contributed by atoms with Gasteiger partial charge in [-0.15, -0.1) is 0 Å². The second-order valence-corrected chi connectivity index (χ2v) is 5.03. The van der Waals surface area contributed by atoms with E-state index in [9.17, 15) is 14.7 Å². The largest absolute Gasteiger partial charge is 0.550 e. The number of ether oxygens (including phenoxy) is 3. The molecule has 0 N–H and O–H groups in total. The summed E-state index contributed by atoms with van der Waals surface area (Å²) in [5.74, 6) is -0.716. The molecule has 0 bridgehead atoms. The number of carbonyl (C=O) groups is 2. The van der Waals surface area contributed by atoms with Gasteiger partial charge in [-0.1, -0.05) is 0 Å². The van der Waals surface area contributed by atoms with E-state index in [1.807, 2.05) is 0 Å². The first-order valence-electron chi connectivity index (χ1n) is 6.77. The first-order valence-corrected chi connectivity index (χ1v) is 6.77. The smallest absolute Gasteiger partial charge is 0.223 e. The Morgan fingerprint density at radius 1 is 1.23 bits per heavy atom. The van der Waals surface area contributed by atoms with E-state index in [0.717, 1.165) is 5.56 Å². The van der Waals surface area contributed by atoms with Crippen molar-refractivity contribution in [1.82, 2.24) is 4.90 Å². The summed E-state index contributed by atoms with van der Waals surface area (Å²) in [6, 6.07) is 3.47. The predicted octanol–water partition coefficient (Wildman–Crippen LogP) is -0.189. The fraction of sp³-hybridized carbons (Fsp3) is 0.467. The summed E-state index contributed by atoms with van der Waals surface area (Å²) in [5, 5.41) is 10.9. The molecule has 0 aromatic heterocycles. The zero-order valence-electron chi connectivity index (χ0n) is 12.8. The van der Waals surface area contributed by atoms with Gasteiger partial charge in [0.05, 0.1) is 21.3 Å². The van der Waals surface area contributed by atoms with Gasteiger partial charge in [0.15, 0.2) is 11.5 Å². The summed E-state index contributed by atoms with van der Waals surface area (Å²) < 4.78 is 15.8. The second kappa shape index (κ2) is 6.55. The minimum Gasteiger partial charge on any atom is -0.550 e. The Hall–Kier alpha value is -2.44. The molecule has 1 fully saturated rings. The highest BCUT2D eigenvalue weighted by molar-refractivity contribution is 5.85. The number of carboxylic acids is 1. The van der Waals surface area contributed by atoms with Gasteiger partial charge < -0.3 is 29.0 Å². The van der Waals surface area contributed by atoms with Crippen LogP contribution in [0.3, 0.4) is 0 Å². The van der Waals surface area contributed by atoms with Gasteiger partial charge in [-0.3, -0.25) is 4.79 Å². The third kappa shape index (κ3) is 3.08. The van der Waals surface area contributed by atoms with Crippen LogP contribution in [0.15, 0.2) is 12.1 Å². The SMILES string of the molecule is COc1cc(CN2C[C@H](C(=O)[O-])CC2=O)cc(OC)c1OC. The molecule has 1 aromatic carbocycles. The van der Waals surface area contributed by atoms with E-state index >= 15 is 0 Å². The summed E-state index contributed by atoms with van der Waals surface area (Å²) in [4.78, 5) is 24.2. The van der Waals surface area contributed by atoms with Gasteiger partial charge in [-0.2, -0.15) is 0 Å². The number of amides is 1. The molecule has 120 valence electrons. The maximum Gasteiger partial charge on any atom is 0.223 e. The standard InChI is InChI=1S/C15H19NO6/c1-20-11-4-9(5-12(21-2)14(11)22-3)7-16-8-10(15(18)19)6-13(16)17/h4-5,10H,6-8H2,1-3H3,(H,18,19)/p-1/t10-/m1/s1. The summed E-state index contributed by atoms with van der Waals surface area (Å²) >= 11 is 0. The Bertz CT molecular complexity index is 560. The van der Waals surface area contributed by atoms with Crippen molar-refractivity contribution >= 4 is 11.9 Å². The third-order valence-corrected chi connectivity index (χ3v) is 3.65. The Balaban J connectivity index is 2.23. The average Bonchev–Trinajstić information content (AvgIpc) is 2.87. The van der Waals surface area contributed by atoms with E-state index in [-0.39, 0.29) is 25.4 Å². The first-order chi connectivity index (χ1) is 10.5. The van der Waals surface area contributed by atoms with Gasteiger partial charge in [0.2, 0.25) is 11.7 Å². The fourth-order valence-electron chi connectivity index (χ4n) is 2.53. The lowest BCUT2D eigenvalue weighted by Gasteiger charge is -2.19. The molecular weight excluding hydrogens is 290 g/mol. The molecule has 7 nitrogen and oxygen atoms in total.